The molecule has 0 atom stereocenters. The van der Waals surface area contributed by atoms with Crippen molar-refractivity contribution in [3.63, 3.8) is 0 Å². The molecule has 18 rings (SSSR count). The number of benzene rings is 15. The highest BCUT2D eigenvalue weighted by molar-refractivity contribution is 6.49. The van der Waals surface area contributed by atoms with Gasteiger partial charge in [-0.05, 0) is 191 Å². The first-order valence-electron chi connectivity index (χ1n) is 26.0. The summed E-state index contributed by atoms with van der Waals surface area (Å²) in [5.74, 6) is 0. The molecule has 0 fully saturated rings. The zero-order valence-corrected chi connectivity index (χ0v) is 40.1. The first-order valence-corrected chi connectivity index (χ1v) is 26.0. The van der Waals surface area contributed by atoms with Crippen molar-refractivity contribution < 1.29 is 0 Å². The van der Waals surface area contributed by atoms with E-state index < -0.39 is 0 Å². The second kappa shape index (κ2) is 14.1. The van der Waals surface area contributed by atoms with Gasteiger partial charge in [0.2, 0.25) is 0 Å². The maximum absolute atomic E-state index is 2.55. The Bertz CT molecular complexity index is 5100. The molecule has 0 aromatic heterocycles. The van der Waals surface area contributed by atoms with Crippen LogP contribution in [0, 0.1) is 0 Å². The van der Waals surface area contributed by atoms with E-state index in [1.54, 1.807) is 0 Å². The average Bonchev–Trinajstić information content (AvgIpc) is 4.25. The summed E-state index contributed by atoms with van der Waals surface area (Å²) >= 11 is 0. The predicted octanol–water partition coefficient (Wildman–Crippen LogP) is 21.0. The molecule has 0 N–H and O–H groups in total. The van der Waals surface area contributed by atoms with E-state index in [0.717, 1.165) is 0 Å². The summed E-state index contributed by atoms with van der Waals surface area (Å²) < 4.78 is 0. The van der Waals surface area contributed by atoms with Crippen molar-refractivity contribution in [3.05, 3.63) is 243 Å². The Balaban J connectivity index is 1.02. The Hall–Kier alpha value is -9.62. The summed E-state index contributed by atoms with van der Waals surface area (Å²) in [6.07, 6.45) is 0. The summed E-state index contributed by atoms with van der Waals surface area (Å²) in [7, 11) is 0. The Labute approximate surface area is 425 Å². The summed E-state index contributed by atoms with van der Waals surface area (Å²) in [5.41, 5.74) is 15.5. The molecule has 1 aliphatic carbocycles. The third-order valence-electron chi connectivity index (χ3n) is 17.4. The minimum atomic E-state index is 1.24. The zero-order valence-electron chi connectivity index (χ0n) is 40.1. The topological polar surface area (TPSA) is 0 Å². The van der Waals surface area contributed by atoms with Crippen molar-refractivity contribution in [2.45, 2.75) is 0 Å². The fourth-order valence-corrected chi connectivity index (χ4v) is 14.7. The van der Waals surface area contributed by atoms with Gasteiger partial charge in [0, 0.05) is 0 Å². The SMILES string of the molecule is c1ccc(-c2c3c(c(-c4ccccc4)c4ccccc24)-c2ccc4c5ccc6c7c(-c8ccccc8)c8c(cc9c%10ccccc%10c%10cccc8c%109)c(-c8ccccc8)c7c7ccc(c8ccc-3c2c84)c5c76)cc1. The summed E-state index contributed by atoms with van der Waals surface area (Å²) in [6, 6.07) is 92.0. The maximum Gasteiger partial charge on any atom is -0.000718 e. The van der Waals surface area contributed by atoms with Gasteiger partial charge in [0.15, 0.2) is 0 Å². The lowest BCUT2D eigenvalue weighted by atomic mass is 9.82. The van der Waals surface area contributed by atoms with Gasteiger partial charge in [-0.15, -0.1) is 0 Å². The van der Waals surface area contributed by atoms with Gasteiger partial charge in [-0.3, -0.25) is 0 Å². The smallest absolute Gasteiger partial charge is 0.000718 e. The quantitative estimate of drug-likeness (QED) is 0.122. The van der Waals surface area contributed by atoms with E-state index in [1.165, 1.54) is 185 Å². The molecule has 0 saturated carbocycles. The van der Waals surface area contributed by atoms with Crippen LogP contribution in [0.3, 0.4) is 0 Å². The van der Waals surface area contributed by atoms with Gasteiger partial charge >= 0.3 is 0 Å². The summed E-state index contributed by atoms with van der Waals surface area (Å²) in [5, 5.41) is 29.1. The lowest BCUT2D eigenvalue weighted by Crippen LogP contribution is -1.93. The highest BCUT2D eigenvalue weighted by Crippen LogP contribution is 2.61. The second-order valence-electron chi connectivity index (χ2n) is 20.8. The van der Waals surface area contributed by atoms with Crippen LogP contribution in [0.1, 0.15) is 0 Å². The summed E-state index contributed by atoms with van der Waals surface area (Å²) in [6.45, 7) is 0. The van der Waals surface area contributed by atoms with Crippen LogP contribution in [0.2, 0.25) is 0 Å². The first-order chi connectivity index (χ1) is 36.8. The van der Waals surface area contributed by atoms with Crippen molar-refractivity contribution in [2.24, 2.45) is 0 Å². The molecule has 0 aliphatic heterocycles. The molecule has 0 heterocycles. The Morgan fingerprint density at radius 1 is 0.135 bits per heavy atom. The summed E-state index contributed by atoms with van der Waals surface area (Å²) in [4.78, 5) is 0. The normalized spacial score (nSPS) is 12.6. The van der Waals surface area contributed by atoms with E-state index in [-0.39, 0.29) is 0 Å². The largest absolute Gasteiger partial charge is 0.0622 e. The number of rotatable bonds is 4. The number of hydrogen-bond acceptors (Lipinski definition) is 0. The van der Waals surface area contributed by atoms with Crippen molar-refractivity contribution in [1.29, 1.82) is 0 Å². The van der Waals surface area contributed by atoms with Crippen molar-refractivity contribution in [2.75, 3.05) is 0 Å². The van der Waals surface area contributed by atoms with Gasteiger partial charge in [-0.2, -0.15) is 0 Å². The Kier molecular flexibility index (Phi) is 7.43. The van der Waals surface area contributed by atoms with Crippen molar-refractivity contribution >= 4 is 118 Å². The molecular weight excluding hydrogens is 889 g/mol. The lowest BCUT2D eigenvalue weighted by molar-refractivity contribution is 1.62. The van der Waals surface area contributed by atoms with Crippen molar-refractivity contribution in [1.82, 2.24) is 0 Å². The fraction of sp³-hybridized carbons (Fsp3) is 0. The Morgan fingerprint density at radius 3 is 1.00 bits per heavy atom. The highest BCUT2D eigenvalue weighted by Gasteiger charge is 2.33. The van der Waals surface area contributed by atoms with Gasteiger partial charge in [0.05, 0.1) is 0 Å². The molecular formula is C74H40. The van der Waals surface area contributed by atoms with Crippen molar-refractivity contribution in [3.8, 4) is 66.8 Å². The minimum absolute atomic E-state index is 1.24. The lowest BCUT2D eigenvalue weighted by Gasteiger charge is -2.20. The maximum atomic E-state index is 2.55. The molecule has 17 aromatic rings. The van der Waals surface area contributed by atoms with Crippen LogP contribution in [0.4, 0.5) is 0 Å². The second-order valence-corrected chi connectivity index (χ2v) is 20.8. The van der Waals surface area contributed by atoms with Crippen LogP contribution in [-0.4, -0.2) is 0 Å². The van der Waals surface area contributed by atoms with Gasteiger partial charge in [0.1, 0.15) is 0 Å². The third-order valence-corrected chi connectivity index (χ3v) is 17.4. The van der Waals surface area contributed by atoms with E-state index >= 15 is 0 Å². The molecule has 0 saturated heterocycles. The highest BCUT2D eigenvalue weighted by atomic mass is 14.4. The van der Waals surface area contributed by atoms with E-state index in [2.05, 4.69) is 243 Å². The molecule has 0 heteroatoms. The monoisotopic (exact) mass is 928 g/mol. The standard InChI is InChI=1S/C74H40/c1-5-18-41(19-6-1)61-48-28-15-16-29-49(48)62(42-20-7-2-8-21-42)72-56-37-33-51-53-35-39-58-69-57(38-34-52(67(53)69)50-32-36-55(71(61)72)68(56)66(50)51)73-63(43-22-9-3-10-23-43)60-40-59-46-27-14-13-26-45(46)47-30-17-31-54(65(47)59)70(60)64(74(58)73)44-24-11-4-12-25-44/h1-40H. The van der Waals surface area contributed by atoms with Crippen LogP contribution in [0.5, 0.6) is 0 Å². The van der Waals surface area contributed by atoms with Crippen LogP contribution >= 0.6 is 0 Å². The predicted molar refractivity (Wildman–Crippen MR) is 319 cm³/mol. The van der Waals surface area contributed by atoms with E-state index in [9.17, 15) is 0 Å². The molecule has 0 bridgehead atoms. The van der Waals surface area contributed by atoms with E-state index in [1.807, 2.05) is 0 Å². The van der Waals surface area contributed by atoms with Gasteiger partial charge < -0.3 is 0 Å². The minimum Gasteiger partial charge on any atom is -0.0622 e. The Morgan fingerprint density at radius 2 is 0.473 bits per heavy atom. The molecule has 0 amide bonds. The van der Waals surface area contributed by atoms with Gasteiger partial charge in [-0.25, -0.2) is 0 Å². The first kappa shape index (κ1) is 39.0. The third kappa shape index (κ3) is 4.75. The van der Waals surface area contributed by atoms with Crippen LogP contribution < -0.4 is 0 Å². The average molecular weight is 929 g/mol. The van der Waals surface area contributed by atoms with E-state index in [4.69, 9.17) is 0 Å². The van der Waals surface area contributed by atoms with Crippen LogP contribution in [0.25, 0.3) is 185 Å². The molecule has 0 nitrogen and oxygen atoms in total. The number of fused-ring (bicyclic) bond motifs is 14. The molecule has 336 valence electrons. The molecule has 17 aromatic carbocycles. The molecule has 0 spiro atoms. The van der Waals surface area contributed by atoms with Gasteiger partial charge in [0.25, 0.3) is 0 Å². The van der Waals surface area contributed by atoms with E-state index in [0.29, 0.717) is 0 Å². The zero-order chi connectivity index (χ0) is 47.9. The van der Waals surface area contributed by atoms with Gasteiger partial charge in [-0.1, -0.05) is 237 Å². The molecule has 1 aliphatic rings. The molecule has 74 heavy (non-hydrogen) atoms. The van der Waals surface area contributed by atoms with Crippen LogP contribution in [0.15, 0.2) is 243 Å². The van der Waals surface area contributed by atoms with Crippen LogP contribution in [-0.2, 0) is 0 Å². The number of hydrogen-bond donors (Lipinski definition) is 0. The molecule has 0 radical (unpaired) electrons. The molecule has 0 unspecified atom stereocenters. The fourth-order valence-electron chi connectivity index (χ4n) is 14.7.